The monoisotopic (exact) mass is 291 g/mol. The minimum absolute atomic E-state index is 0.0107. The Bertz CT molecular complexity index is 579. The summed E-state index contributed by atoms with van der Waals surface area (Å²) in [7, 11) is 0. The highest BCUT2D eigenvalue weighted by atomic mass is 19.1. The van der Waals surface area contributed by atoms with Gasteiger partial charge in [0.1, 0.15) is 6.29 Å². The van der Waals surface area contributed by atoms with Crippen LogP contribution in [0.3, 0.4) is 0 Å². The number of phenolic OH excluding ortho intramolecular Hbond substituents is 1. The third kappa shape index (κ3) is 2.52. The van der Waals surface area contributed by atoms with Crippen molar-refractivity contribution in [3.63, 3.8) is 0 Å². The molecule has 112 valence electrons. The number of fused-ring (bicyclic) bond motifs is 1. The summed E-state index contributed by atoms with van der Waals surface area (Å²) >= 11 is 0. The lowest BCUT2D eigenvalue weighted by atomic mass is 9.82. The van der Waals surface area contributed by atoms with Crippen molar-refractivity contribution in [1.82, 2.24) is 4.90 Å². The first kappa shape index (κ1) is 14.0. The van der Waals surface area contributed by atoms with Gasteiger partial charge in [0.2, 0.25) is 0 Å². The van der Waals surface area contributed by atoms with Gasteiger partial charge in [-0.3, -0.25) is 4.79 Å². The van der Waals surface area contributed by atoms with E-state index in [-0.39, 0.29) is 17.4 Å². The molecule has 21 heavy (non-hydrogen) atoms. The van der Waals surface area contributed by atoms with Crippen LogP contribution in [0.1, 0.15) is 41.6 Å². The van der Waals surface area contributed by atoms with Crippen molar-refractivity contribution in [2.24, 2.45) is 11.8 Å². The van der Waals surface area contributed by atoms with Gasteiger partial charge in [0.05, 0.1) is 5.56 Å². The second kappa shape index (κ2) is 5.47. The Morgan fingerprint density at radius 1 is 1.29 bits per heavy atom. The normalized spacial score (nSPS) is 25.0. The van der Waals surface area contributed by atoms with Crippen LogP contribution in [0.15, 0.2) is 12.1 Å². The van der Waals surface area contributed by atoms with E-state index >= 15 is 0 Å². The van der Waals surface area contributed by atoms with E-state index in [4.69, 9.17) is 0 Å². The Kier molecular flexibility index (Phi) is 3.66. The summed E-state index contributed by atoms with van der Waals surface area (Å²) in [6, 6.07) is 2.90. The number of carbonyl (C=O) groups is 2. The van der Waals surface area contributed by atoms with Gasteiger partial charge in [-0.15, -0.1) is 0 Å². The van der Waals surface area contributed by atoms with Crippen LogP contribution in [0, 0.1) is 17.7 Å². The van der Waals surface area contributed by atoms with Crippen LogP contribution >= 0.6 is 0 Å². The topological polar surface area (TPSA) is 57.6 Å². The molecule has 0 bridgehead atoms. The fourth-order valence-electron chi connectivity index (χ4n) is 3.37. The van der Waals surface area contributed by atoms with Crippen LogP contribution in [0.5, 0.6) is 5.75 Å². The largest absolute Gasteiger partial charge is 0.505 e. The maximum atomic E-state index is 13.9. The standard InChI is InChI=1S/C16H18FNO3/c17-15-13(20)6-5-12-8-18(16(21)14(12)15)7-10-1-3-11(9-19)4-2-10/h5-6,9-11,20H,1-4,7-8H2/t10-,11-. The van der Waals surface area contributed by atoms with Crippen molar-refractivity contribution in [3.8, 4) is 5.75 Å². The maximum absolute atomic E-state index is 13.9. The Morgan fingerprint density at radius 2 is 2.00 bits per heavy atom. The van der Waals surface area contributed by atoms with Gasteiger partial charge in [0, 0.05) is 19.0 Å². The summed E-state index contributed by atoms with van der Waals surface area (Å²) in [6.45, 7) is 0.998. The van der Waals surface area contributed by atoms with E-state index in [1.54, 1.807) is 11.0 Å². The summed E-state index contributed by atoms with van der Waals surface area (Å²) in [5.41, 5.74) is 0.647. The first-order valence-corrected chi connectivity index (χ1v) is 7.35. The van der Waals surface area contributed by atoms with Gasteiger partial charge in [-0.25, -0.2) is 4.39 Å². The number of amides is 1. The predicted molar refractivity (Wildman–Crippen MR) is 74.3 cm³/mol. The molecule has 1 aromatic carbocycles. The van der Waals surface area contributed by atoms with Crippen molar-refractivity contribution >= 4 is 12.2 Å². The van der Waals surface area contributed by atoms with Crippen molar-refractivity contribution in [3.05, 3.63) is 29.1 Å². The molecular weight excluding hydrogens is 273 g/mol. The number of halogens is 1. The molecule has 1 aromatic rings. The van der Waals surface area contributed by atoms with Crippen molar-refractivity contribution in [1.29, 1.82) is 0 Å². The van der Waals surface area contributed by atoms with Crippen LogP contribution in [0.2, 0.25) is 0 Å². The van der Waals surface area contributed by atoms with Crippen LogP contribution in [-0.2, 0) is 11.3 Å². The average molecular weight is 291 g/mol. The molecule has 5 heteroatoms. The van der Waals surface area contributed by atoms with E-state index < -0.39 is 11.6 Å². The molecule has 0 atom stereocenters. The second-order valence-electron chi connectivity index (χ2n) is 6.04. The molecule has 0 spiro atoms. The molecule has 4 nitrogen and oxygen atoms in total. The number of rotatable bonds is 3. The highest BCUT2D eigenvalue weighted by Gasteiger charge is 2.33. The van der Waals surface area contributed by atoms with Gasteiger partial charge < -0.3 is 14.8 Å². The van der Waals surface area contributed by atoms with E-state index in [1.165, 1.54) is 6.07 Å². The lowest BCUT2D eigenvalue weighted by Gasteiger charge is -2.29. The van der Waals surface area contributed by atoms with Gasteiger partial charge in [0.15, 0.2) is 11.6 Å². The summed E-state index contributed by atoms with van der Waals surface area (Å²) in [5, 5.41) is 9.39. The zero-order valence-electron chi connectivity index (χ0n) is 11.7. The van der Waals surface area contributed by atoms with Gasteiger partial charge in [-0.05, 0) is 43.2 Å². The fraction of sp³-hybridized carbons (Fsp3) is 0.500. The molecule has 1 aliphatic heterocycles. The lowest BCUT2D eigenvalue weighted by molar-refractivity contribution is -0.112. The third-order valence-corrected chi connectivity index (χ3v) is 4.63. The zero-order valence-corrected chi connectivity index (χ0v) is 11.7. The third-order valence-electron chi connectivity index (χ3n) is 4.63. The van der Waals surface area contributed by atoms with Crippen LogP contribution in [0.4, 0.5) is 4.39 Å². The van der Waals surface area contributed by atoms with E-state index in [1.807, 2.05) is 0 Å². The zero-order chi connectivity index (χ0) is 15.0. The molecule has 0 aromatic heterocycles. The van der Waals surface area contributed by atoms with Gasteiger partial charge in [0.25, 0.3) is 5.91 Å². The van der Waals surface area contributed by atoms with Gasteiger partial charge in [-0.2, -0.15) is 0 Å². The van der Waals surface area contributed by atoms with Crippen LogP contribution in [-0.4, -0.2) is 28.7 Å². The number of nitrogens with zero attached hydrogens (tertiary/aromatic N) is 1. The highest BCUT2D eigenvalue weighted by molar-refractivity contribution is 5.99. The van der Waals surface area contributed by atoms with Gasteiger partial charge in [-0.1, -0.05) is 6.07 Å². The van der Waals surface area contributed by atoms with Crippen molar-refractivity contribution < 1.29 is 19.1 Å². The quantitative estimate of drug-likeness (QED) is 0.870. The minimum atomic E-state index is -0.815. The number of phenols is 1. The fourth-order valence-corrected chi connectivity index (χ4v) is 3.37. The first-order valence-electron chi connectivity index (χ1n) is 7.35. The number of aldehydes is 1. The van der Waals surface area contributed by atoms with Crippen molar-refractivity contribution in [2.75, 3.05) is 6.54 Å². The molecule has 1 fully saturated rings. The Morgan fingerprint density at radius 3 is 2.67 bits per heavy atom. The molecule has 1 heterocycles. The Hall–Kier alpha value is -1.91. The number of hydrogen-bond acceptors (Lipinski definition) is 3. The summed E-state index contributed by atoms with van der Waals surface area (Å²) in [5.74, 6) is -1.10. The molecule has 1 amide bonds. The highest BCUT2D eigenvalue weighted by Crippen LogP contribution is 2.33. The van der Waals surface area contributed by atoms with Crippen molar-refractivity contribution in [2.45, 2.75) is 32.2 Å². The molecule has 1 N–H and O–H groups in total. The number of aromatic hydroxyl groups is 1. The van der Waals surface area contributed by atoms with E-state index in [9.17, 15) is 19.1 Å². The number of carbonyl (C=O) groups excluding carboxylic acids is 2. The van der Waals surface area contributed by atoms with Gasteiger partial charge >= 0.3 is 0 Å². The Labute approximate surface area is 122 Å². The minimum Gasteiger partial charge on any atom is -0.505 e. The van der Waals surface area contributed by atoms with E-state index in [0.29, 0.717) is 24.6 Å². The van der Waals surface area contributed by atoms with Crippen LogP contribution < -0.4 is 0 Å². The predicted octanol–water partition coefficient (Wildman–Crippen LogP) is 2.49. The molecule has 0 radical (unpaired) electrons. The lowest BCUT2D eigenvalue weighted by Crippen LogP contribution is -2.32. The first-order chi connectivity index (χ1) is 10.1. The molecule has 0 unspecified atom stereocenters. The summed E-state index contributed by atoms with van der Waals surface area (Å²) in [4.78, 5) is 24.7. The van der Waals surface area contributed by atoms with Crippen LogP contribution in [0.25, 0.3) is 0 Å². The van der Waals surface area contributed by atoms with E-state index in [2.05, 4.69) is 0 Å². The summed E-state index contributed by atoms with van der Waals surface area (Å²) < 4.78 is 13.9. The summed E-state index contributed by atoms with van der Waals surface area (Å²) in [6.07, 6.45) is 4.62. The number of hydrogen-bond donors (Lipinski definition) is 1. The molecule has 2 aliphatic rings. The molecule has 3 rings (SSSR count). The molecule has 1 aliphatic carbocycles. The molecular formula is C16H18FNO3. The van der Waals surface area contributed by atoms with E-state index in [0.717, 1.165) is 32.0 Å². The maximum Gasteiger partial charge on any atom is 0.257 e. The Balaban J connectivity index is 1.68. The average Bonchev–Trinajstić information content (AvgIpc) is 2.81. The second-order valence-corrected chi connectivity index (χ2v) is 6.04. The SMILES string of the molecule is O=C[C@H]1CC[C@H](CN2Cc3ccc(O)c(F)c3C2=O)CC1. The molecule has 0 saturated heterocycles. The number of benzene rings is 1. The smallest absolute Gasteiger partial charge is 0.257 e. The molecule has 1 saturated carbocycles.